The number of carboxylic acid groups (broad SMARTS) is 1. The number of hydrogen-bond donors (Lipinski definition) is 13. The molecule has 0 saturated heterocycles. The van der Waals surface area contributed by atoms with Gasteiger partial charge in [0.25, 0.3) is 0 Å². The molecule has 0 heterocycles. The lowest BCUT2D eigenvalue weighted by atomic mass is 10.1. The van der Waals surface area contributed by atoms with E-state index in [1.165, 1.54) is 13.8 Å². The number of thiol groups is 1. The van der Waals surface area contributed by atoms with Crippen molar-refractivity contribution in [1.82, 2.24) is 31.9 Å². The van der Waals surface area contributed by atoms with Crippen LogP contribution in [0.25, 0.3) is 0 Å². The first-order valence-electron chi connectivity index (χ1n) is 13.7. The number of aliphatic carboxylic acids is 1. The van der Waals surface area contributed by atoms with Crippen LogP contribution in [0, 0.1) is 0 Å². The van der Waals surface area contributed by atoms with Gasteiger partial charge in [-0.25, -0.2) is 4.79 Å². The molecule has 0 aromatic rings. The number of hydrogen-bond acceptors (Lipinski definition) is 12. The fourth-order valence-electron chi connectivity index (χ4n) is 3.41. The number of amides is 6. The van der Waals surface area contributed by atoms with E-state index in [1.54, 1.807) is 0 Å². The summed E-state index contributed by atoms with van der Waals surface area (Å²) >= 11 is 4.06. The molecular weight excluding hydrogens is 620 g/mol. The summed E-state index contributed by atoms with van der Waals surface area (Å²) < 4.78 is 0. The summed E-state index contributed by atoms with van der Waals surface area (Å²) in [5.74, 6) is -7.14. The molecule has 0 aliphatic heterocycles. The monoisotopic (exact) mass is 664 g/mol. The van der Waals surface area contributed by atoms with Gasteiger partial charge < -0.3 is 64.4 Å². The molecule has 0 spiro atoms. The number of aliphatic hydroxyl groups is 2. The van der Waals surface area contributed by atoms with E-state index >= 15 is 0 Å². The highest BCUT2D eigenvalue weighted by Crippen LogP contribution is 2.03. The Hall–Kier alpha value is -4.21. The standard InChI is InChI=1S/C24H44N10O10S/c1-10(29-16(37)7-25)18(38)32-14(8-35)21(41)33-15(9-45)22(42)31-13(5-4-6-28-24(26)27)20(40)30-11(2)19(39)34-17(12(3)36)23(43)44/h10-15,17,35-36,45H,4-9,25H2,1-3H3,(H,29,37)(H,30,40)(H,31,42)(H,32,38)(H,33,41)(H,34,39)(H,43,44)(H4,26,27,28)/t10-,11-,12+,13-,14-,15-,17-/m0/s1. The van der Waals surface area contributed by atoms with Crippen LogP contribution in [0.3, 0.4) is 0 Å². The summed E-state index contributed by atoms with van der Waals surface area (Å²) in [6.45, 7) is 2.54. The minimum atomic E-state index is -1.65. The van der Waals surface area contributed by atoms with E-state index in [0.717, 1.165) is 6.92 Å². The number of aliphatic imine (C=N–C) groups is 1. The highest BCUT2D eigenvalue weighted by Gasteiger charge is 2.32. The van der Waals surface area contributed by atoms with E-state index in [-0.39, 0.29) is 37.6 Å². The number of carboxylic acids is 1. The normalized spacial score (nSPS) is 15.4. The average Bonchev–Trinajstić information content (AvgIpc) is 2.97. The molecule has 6 amide bonds. The van der Waals surface area contributed by atoms with Gasteiger partial charge >= 0.3 is 5.97 Å². The van der Waals surface area contributed by atoms with Crippen LogP contribution in [-0.2, 0) is 33.6 Å². The Labute approximate surface area is 264 Å². The van der Waals surface area contributed by atoms with Crippen molar-refractivity contribution < 1.29 is 48.9 Å². The van der Waals surface area contributed by atoms with Gasteiger partial charge in [-0.05, 0) is 33.6 Å². The van der Waals surface area contributed by atoms with E-state index in [2.05, 4.69) is 49.5 Å². The minimum absolute atomic E-state index is 0.0525. The zero-order valence-electron chi connectivity index (χ0n) is 25.1. The first-order valence-corrected chi connectivity index (χ1v) is 14.3. The topological polar surface area (TPSA) is 343 Å². The van der Waals surface area contributed by atoms with Gasteiger partial charge in [-0.2, -0.15) is 12.6 Å². The predicted molar refractivity (Wildman–Crippen MR) is 162 cm³/mol. The van der Waals surface area contributed by atoms with Crippen molar-refractivity contribution in [2.24, 2.45) is 22.2 Å². The maximum absolute atomic E-state index is 13.1. The number of rotatable bonds is 20. The molecule has 0 aliphatic carbocycles. The molecule has 21 heteroatoms. The van der Waals surface area contributed by atoms with Gasteiger partial charge in [-0.3, -0.25) is 33.8 Å². The predicted octanol–water partition coefficient (Wildman–Crippen LogP) is -6.67. The van der Waals surface area contributed by atoms with Gasteiger partial charge in [0.05, 0.1) is 19.3 Å². The Bertz CT molecular complexity index is 1090. The molecule has 0 saturated carbocycles. The molecule has 256 valence electrons. The number of nitrogens with one attached hydrogen (secondary N) is 6. The third-order valence-electron chi connectivity index (χ3n) is 5.96. The van der Waals surface area contributed by atoms with Crippen LogP contribution in [-0.4, -0.2) is 130 Å². The molecule has 0 unspecified atom stereocenters. The van der Waals surface area contributed by atoms with Gasteiger partial charge in [0.1, 0.15) is 30.2 Å². The Morgan fingerprint density at radius 2 is 1.24 bits per heavy atom. The van der Waals surface area contributed by atoms with Gasteiger partial charge in [-0.1, -0.05) is 0 Å². The number of nitrogens with zero attached hydrogens (tertiary/aromatic N) is 1. The lowest BCUT2D eigenvalue weighted by molar-refractivity contribution is -0.145. The summed E-state index contributed by atoms with van der Waals surface area (Å²) in [5.41, 5.74) is 15.8. The van der Waals surface area contributed by atoms with Crippen LogP contribution in [0.1, 0.15) is 33.6 Å². The molecule has 0 aromatic heterocycles. The lowest BCUT2D eigenvalue weighted by Gasteiger charge is -2.25. The van der Waals surface area contributed by atoms with Crippen LogP contribution < -0.4 is 49.1 Å². The van der Waals surface area contributed by atoms with E-state index < -0.39 is 90.4 Å². The van der Waals surface area contributed by atoms with Crippen molar-refractivity contribution in [2.45, 2.75) is 76.0 Å². The Morgan fingerprint density at radius 1 is 0.756 bits per heavy atom. The molecule has 0 aliphatic rings. The number of nitrogens with two attached hydrogens (primary N) is 3. The van der Waals surface area contributed by atoms with Crippen molar-refractivity contribution in [1.29, 1.82) is 0 Å². The Balaban J connectivity index is 5.63. The molecule has 20 nitrogen and oxygen atoms in total. The molecule has 45 heavy (non-hydrogen) atoms. The zero-order valence-corrected chi connectivity index (χ0v) is 26.0. The summed E-state index contributed by atoms with van der Waals surface area (Å²) in [6.07, 6.45) is -1.32. The fourth-order valence-corrected chi connectivity index (χ4v) is 3.67. The summed E-state index contributed by atoms with van der Waals surface area (Å²) in [7, 11) is 0. The average molecular weight is 665 g/mol. The molecule has 0 rings (SSSR count). The number of guanidine groups is 1. The maximum atomic E-state index is 13.1. The van der Waals surface area contributed by atoms with Gasteiger partial charge in [0, 0.05) is 12.3 Å². The highest BCUT2D eigenvalue weighted by atomic mass is 32.1. The second-order valence-corrected chi connectivity index (χ2v) is 10.2. The Morgan fingerprint density at radius 3 is 1.73 bits per heavy atom. The highest BCUT2D eigenvalue weighted by molar-refractivity contribution is 7.80. The third-order valence-corrected chi connectivity index (χ3v) is 6.33. The molecule has 0 fully saturated rings. The quantitative estimate of drug-likeness (QED) is 0.0249. The summed E-state index contributed by atoms with van der Waals surface area (Å²) in [5, 5.41) is 42.1. The SMILES string of the molecule is C[C@H](NC(=O)CN)C(=O)N[C@@H](CO)C(=O)N[C@@H](CS)C(=O)N[C@@H](CCCN=C(N)N)C(=O)N[C@@H](C)C(=O)N[C@H](C(=O)O)[C@@H](C)O. The van der Waals surface area contributed by atoms with Crippen LogP contribution in [0.4, 0.5) is 0 Å². The molecule has 0 radical (unpaired) electrons. The van der Waals surface area contributed by atoms with Crippen molar-refractivity contribution >= 4 is 60.0 Å². The van der Waals surface area contributed by atoms with Crippen LogP contribution >= 0.6 is 12.6 Å². The fraction of sp³-hybridized carbons (Fsp3) is 0.667. The van der Waals surface area contributed by atoms with Crippen molar-refractivity contribution in [3.05, 3.63) is 0 Å². The van der Waals surface area contributed by atoms with Gasteiger partial charge in [0.2, 0.25) is 35.4 Å². The van der Waals surface area contributed by atoms with E-state index in [4.69, 9.17) is 17.2 Å². The van der Waals surface area contributed by atoms with E-state index in [0.29, 0.717) is 0 Å². The Kier molecular flexibility index (Phi) is 18.8. The molecule has 0 bridgehead atoms. The van der Waals surface area contributed by atoms with E-state index in [9.17, 15) is 48.9 Å². The first-order chi connectivity index (χ1) is 21.0. The lowest BCUT2D eigenvalue weighted by Crippen LogP contribution is -2.60. The second-order valence-electron chi connectivity index (χ2n) is 9.79. The van der Waals surface area contributed by atoms with Crippen LogP contribution in [0.5, 0.6) is 0 Å². The number of carbonyl (C=O) groups is 7. The zero-order chi connectivity index (χ0) is 34.9. The molecule has 15 N–H and O–H groups in total. The van der Waals surface area contributed by atoms with Crippen molar-refractivity contribution in [3.8, 4) is 0 Å². The second kappa shape index (κ2) is 20.7. The minimum Gasteiger partial charge on any atom is -0.480 e. The van der Waals surface area contributed by atoms with Gasteiger partial charge in [-0.15, -0.1) is 0 Å². The van der Waals surface area contributed by atoms with Crippen LogP contribution in [0.15, 0.2) is 4.99 Å². The number of aliphatic hydroxyl groups excluding tert-OH is 2. The first kappa shape index (κ1) is 40.8. The summed E-state index contributed by atoms with van der Waals surface area (Å²) in [4.78, 5) is 90.2. The number of carbonyl (C=O) groups excluding carboxylic acids is 6. The largest absolute Gasteiger partial charge is 0.480 e. The molecule has 7 atom stereocenters. The van der Waals surface area contributed by atoms with Gasteiger partial charge in [0.15, 0.2) is 12.0 Å². The maximum Gasteiger partial charge on any atom is 0.328 e. The summed E-state index contributed by atoms with van der Waals surface area (Å²) in [6, 6.07) is -8.27. The molecular formula is C24H44N10O10S. The van der Waals surface area contributed by atoms with Crippen molar-refractivity contribution in [2.75, 3.05) is 25.4 Å². The van der Waals surface area contributed by atoms with E-state index in [1.807, 2.05) is 0 Å². The van der Waals surface area contributed by atoms with Crippen molar-refractivity contribution in [3.63, 3.8) is 0 Å². The smallest absolute Gasteiger partial charge is 0.328 e. The van der Waals surface area contributed by atoms with Crippen LogP contribution in [0.2, 0.25) is 0 Å². The third kappa shape index (κ3) is 15.4. The molecule has 0 aromatic carbocycles.